The molecule has 106 valence electrons. The van der Waals surface area contributed by atoms with Gasteiger partial charge in [-0.05, 0) is 23.5 Å². The molecule has 1 aliphatic heterocycles. The van der Waals surface area contributed by atoms with Crippen LogP contribution < -0.4 is 0 Å². The first-order chi connectivity index (χ1) is 9.40. The third-order valence-corrected chi connectivity index (χ3v) is 3.16. The van der Waals surface area contributed by atoms with E-state index in [4.69, 9.17) is 0 Å². The van der Waals surface area contributed by atoms with Crippen molar-refractivity contribution in [1.29, 1.82) is 0 Å². The topological polar surface area (TPSA) is 6.48 Å². The molecule has 0 fully saturated rings. The molecule has 3 rings (SSSR count). The molecule has 0 N–H and O–H groups in total. The zero-order valence-electron chi connectivity index (χ0n) is 11.1. The monoisotopic (exact) mass is 446 g/mol. The Balaban J connectivity index is 0.00000147. The number of rotatable bonds is 4. The molecule has 0 saturated heterocycles. The SMILES string of the molecule is C1=CN(Cc2ccccc2)[CH-]N1Cc1ccccc1.[Au+]. The predicted molar refractivity (Wildman–Crippen MR) is 77.4 cm³/mol. The summed E-state index contributed by atoms with van der Waals surface area (Å²) in [6, 6.07) is 21.0. The first-order valence-corrected chi connectivity index (χ1v) is 6.53. The maximum atomic E-state index is 2.21. The Morgan fingerprint density at radius 1 is 0.650 bits per heavy atom. The fraction of sp³-hybridized carbons (Fsp3) is 0.118. The van der Waals surface area contributed by atoms with Gasteiger partial charge >= 0.3 is 22.4 Å². The minimum Gasteiger partial charge on any atom is -0.505 e. The summed E-state index contributed by atoms with van der Waals surface area (Å²) < 4.78 is 0. The number of hydrogen-bond acceptors (Lipinski definition) is 2. The van der Waals surface area contributed by atoms with Gasteiger partial charge in [0, 0.05) is 13.1 Å². The molecule has 1 heterocycles. The number of nitrogens with zero attached hydrogens (tertiary/aromatic N) is 2. The van der Waals surface area contributed by atoms with E-state index in [-0.39, 0.29) is 22.4 Å². The molecule has 0 saturated carbocycles. The summed E-state index contributed by atoms with van der Waals surface area (Å²) in [7, 11) is 0. The van der Waals surface area contributed by atoms with Crippen molar-refractivity contribution in [3.8, 4) is 0 Å². The molecule has 0 aliphatic carbocycles. The average molecular weight is 446 g/mol. The minimum atomic E-state index is 0. The first-order valence-electron chi connectivity index (χ1n) is 6.53. The Hall–Kier alpha value is -1.48. The molecule has 2 aromatic rings. The van der Waals surface area contributed by atoms with Gasteiger partial charge in [-0.1, -0.05) is 60.7 Å². The van der Waals surface area contributed by atoms with Crippen LogP contribution in [0.4, 0.5) is 0 Å². The van der Waals surface area contributed by atoms with Crippen molar-refractivity contribution in [2.45, 2.75) is 13.1 Å². The largest absolute Gasteiger partial charge is 1.00 e. The van der Waals surface area contributed by atoms with Gasteiger partial charge in [-0.2, -0.15) is 6.67 Å². The van der Waals surface area contributed by atoms with E-state index in [2.05, 4.69) is 89.5 Å². The summed E-state index contributed by atoms with van der Waals surface area (Å²) in [5.74, 6) is 0. The fourth-order valence-corrected chi connectivity index (χ4v) is 2.21. The third kappa shape index (κ3) is 4.01. The van der Waals surface area contributed by atoms with Gasteiger partial charge in [0.05, 0.1) is 0 Å². The van der Waals surface area contributed by atoms with E-state index < -0.39 is 0 Å². The van der Waals surface area contributed by atoms with Crippen LogP contribution in [0.1, 0.15) is 11.1 Å². The van der Waals surface area contributed by atoms with E-state index in [0.29, 0.717) is 0 Å². The van der Waals surface area contributed by atoms with Gasteiger partial charge in [0.25, 0.3) is 0 Å². The van der Waals surface area contributed by atoms with Gasteiger partial charge in [-0.25, -0.2) is 0 Å². The molecule has 0 atom stereocenters. The molecule has 0 bridgehead atoms. The van der Waals surface area contributed by atoms with Crippen LogP contribution in [0.2, 0.25) is 0 Å². The van der Waals surface area contributed by atoms with E-state index in [0.717, 1.165) is 13.1 Å². The van der Waals surface area contributed by atoms with Gasteiger partial charge in [0.2, 0.25) is 0 Å². The molecular formula is C17H17AuN2. The zero-order chi connectivity index (χ0) is 12.9. The molecule has 0 radical (unpaired) electrons. The summed E-state index contributed by atoms with van der Waals surface area (Å²) in [6.07, 6.45) is 4.24. The van der Waals surface area contributed by atoms with Gasteiger partial charge in [0.15, 0.2) is 0 Å². The second kappa shape index (κ2) is 7.34. The maximum absolute atomic E-state index is 2.21. The quantitative estimate of drug-likeness (QED) is 0.524. The van der Waals surface area contributed by atoms with Crippen molar-refractivity contribution in [2.75, 3.05) is 0 Å². The van der Waals surface area contributed by atoms with Gasteiger partial charge in [-0.15, -0.1) is 0 Å². The van der Waals surface area contributed by atoms with E-state index in [1.54, 1.807) is 0 Å². The van der Waals surface area contributed by atoms with Crippen LogP contribution in [-0.4, -0.2) is 9.80 Å². The van der Waals surface area contributed by atoms with Gasteiger partial charge in [-0.3, -0.25) is 0 Å². The first kappa shape index (κ1) is 14.9. The Kier molecular flexibility index (Phi) is 5.48. The van der Waals surface area contributed by atoms with Crippen LogP contribution in [0, 0.1) is 6.67 Å². The van der Waals surface area contributed by atoms with Crippen molar-refractivity contribution in [1.82, 2.24) is 9.80 Å². The van der Waals surface area contributed by atoms with Crippen molar-refractivity contribution in [3.05, 3.63) is 90.9 Å². The molecule has 0 aromatic heterocycles. The van der Waals surface area contributed by atoms with Crippen molar-refractivity contribution < 1.29 is 22.4 Å². The average Bonchev–Trinajstić information content (AvgIpc) is 2.88. The molecule has 0 spiro atoms. The summed E-state index contributed by atoms with van der Waals surface area (Å²) in [5.41, 5.74) is 2.65. The fourth-order valence-electron chi connectivity index (χ4n) is 2.21. The summed E-state index contributed by atoms with van der Waals surface area (Å²) >= 11 is 0. The molecule has 3 heteroatoms. The third-order valence-electron chi connectivity index (χ3n) is 3.16. The van der Waals surface area contributed by atoms with Crippen LogP contribution >= 0.6 is 0 Å². The van der Waals surface area contributed by atoms with Gasteiger partial charge < -0.3 is 9.80 Å². The number of benzene rings is 2. The maximum Gasteiger partial charge on any atom is 1.00 e. The Morgan fingerprint density at radius 2 is 1.05 bits per heavy atom. The van der Waals surface area contributed by atoms with E-state index in [1.807, 2.05) is 0 Å². The summed E-state index contributed by atoms with van der Waals surface area (Å²) in [5, 5.41) is 0. The van der Waals surface area contributed by atoms with Crippen molar-refractivity contribution in [2.24, 2.45) is 0 Å². The molecular weight excluding hydrogens is 429 g/mol. The second-order valence-electron chi connectivity index (χ2n) is 4.73. The Bertz CT molecular complexity index is 490. The summed E-state index contributed by atoms with van der Waals surface area (Å²) in [6.45, 7) is 3.99. The number of hydrogen-bond donors (Lipinski definition) is 0. The smallest absolute Gasteiger partial charge is 0.505 e. The van der Waals surface area contributed by atoms with E-state index in [1.165, 1.54) is 11.1 Å². The standard InChI is InChI=1S/C17H17N2.Au/c1-3-7-16(8-4-1)13-18-11-12-19(15-18)14-17-9-5-2-6-10-17;/h1-12,15H,13-14H2;/q-1;+1. The van der Waals surface area contributed by atoms with Crippen LogP contribution in [-0.2, 0) is 35.5 Å². The van der Waals surface area contributed by atoms with Crippen LogP contribution in [0.15, 0.2) is 73.1 Å². The predicted octanol–water partition coefficient (Wildman–Crippen LogP) is 3.59. The molecule has 2 aromatic carbocycles. The minimum absolute atomic E-state index is 0. The van der Waals surface area contributed by atoms with Crippen LogP contribution in [0.25, 0.3) is 0 Å². The van der Waals surface area contributed by atoms with Crippen LogP contribution in [0.5, 0.6) is 0 Å². The zero-order valence-corrected chi connectivity index (χ0v) is 13.3. The molecule has 2 nitrogen and oxygen atoms in total. The second-order valence-corrected chi connectivity index (χ2v) is 4.73. The Labute approximate surface area is 136 Å². The van der Waals surface area contributed by atoms with Crippen LogP contribution in [0.3, 0.4) is 0 Å². The Morgan fingerprint density at radius 3 is 1.45 bits per heavy atom. The summed E-state index contributed by atoms with van der Waals surface area (Å²) in [4.78, 5) is 4.41. The molecule has 0 amide bonds. The normalized spacial score (nSPS) is 13.4. The van der Waals surface area contributed by atoms with E-state index >= 15 is 0 Å². The van der Waals surface area contributed by atoms with Crippen molar-refractivity contribution >= 4 is 0 Å². The molecule has 20 heavy (non-hydrogen) atoms. The molecule has 1 aliphatic rings. The van der Waals surface area contributed by atoms with Crippen molar-refractivity contribution in [3.63, 3.8) is 0 Å². The molecule has 0 unspecified atom stereocenters. The van der Waals surface area contributed by atoms with Gasteiger partial charge in [0.1, 0.15) is 0 Å². The van der Waals surface area contributed by atoms with E-state index in [9.17, 15) is 0 Å².